The molecule has 6 nitrogen and oxygen atoms in total. The summed E-state index contributed by atoms with van der Waals surface area (Å²) < 4.78 is 47.1. The highest BCUT2D eigenvalue weighted by Gasteiger charge is 2.18. The topological polar surface area (TPSA) is 63.6 Å². The highest BCUT2D eigenvalue weighted by molar-refractivity contribution is 6.06. The summed E-state index contributed by atoms with van der Waals surface area (Å²) in [6.07, 6.45) is 1.22. The molecule has 162 valence electrons. The van der Waals surface area contributed by atoms with Gasteiger partial charge in [0.25, 0.3) is 11.5 Å². The SMILES string of the molecule is O=C(NCCN1CCOCC1)c1cn(-c2cc(F)c(F)c(F)c2)c(=O)c2ccccc12. The van der Waals surface area contributed by atoms with Crippen molar-refractivity contribution in [3.63, 3.8) is 0 Å². The molecule has 0 bridgehead atoms. The van der Waals surface area contributed by atoms with Crippen molar-refractivity contribution >= 4 is 16.7 Å². The van der Waals surface area contributed by atoms with Gasteiger partial charge in [0.2, 0.25) is 0 Å². The second kappa shape index (κ2) is 8.91. The van der Waals surface area contributed by atoms with Crippen molar-refractivity contribution in [1.82, 2.24) is 14.8 Å². The first-order chi connectivity index (χ1) is 15.0. The second-order valence-corrected chi connectivity index (χ2v) is 7.20. The number of benzene rings is 2. The number of amides is 1. The fourth-order valence-corrected chi connectivity index (χ4v) is 3.59. The predicted molar refractivity (Wildman–Crippen MR) is 109 cm³/mol. The van der Waals surface area contributed by atoms with E-state index in [1.54, 1.807) is 18.2 Å². The number of morpholine rings is 1. The number of halogens is 3. The molecule has 4 rings (SSSR count). The van der Waals surface area contributed by atoms with Gasteiger partial charge in [-0.1, -0.05) is 18.2 Å². The number of nitrogens with one attached hydrogen (secondary N) is 1. The minimum Gasteiger partial charge on any atom is -0.379 e. The number of hydrogen-bond donors (Lipinski definition) is 1. The Balaban J connectivity index is 1.69. The van der Waals surface area contributed by atoms with Crippen LogP contribution in [0.15, 0.2) is 47.4 Å². The Labute approximate surface area is 175 Å². The van der Waals surface area contributed by atoms with Gasteiger partial charge in [0.05, 0.1) is 24.5 Å². The van der Waals surface area contributed by atoms with Gasteiger partial charge >= 0.3 is 0 Å². The molecule has 1 aliphatic heterocycles. The highest BCUT2D eigenvalue weighted by atomic mass is 19.2. The van der Waals surface area contributed by atoms with E-state index in [2.05, 4.69) is 10.2 Å². The minimum absolute atomic E-state index is 0.169. The zero-order chi connectivity index (χ0) is 22.0. The van der Waals surface area contributed by atoms with Crippen LogP contribution in [0.1, 0.15) is 10.4 Å². The van der Waals surface area contributed by atoms with E-state index >= 15 is 0 Å². The number of nitrogens with zero attached hydrogens (tertiary/aromatic N) is 2. The molecule has 0 radical (unpaired) electrons. The van der Waals surface area contributed by atoms with Gasteiger partial charge in [-0.05, 0) is 6.07 Å². The first-order valence-electron chi connectivity index (χ1n) is 9.83. The molecule has 0 aliphatic carbocycles. The summed E-state index contributed by atoms with van der Waals surface area (Å²) in [4.78, 5) is 28.0. The van der Waals surface area contributed by atoms with Gasteiger partial charge in [0, 0.05) is 55.3 Å². The van der Waals surface area contributed by atoms with Crippen LogP contribution in [0.3, 0.4) is 0 Å². The number of rotatable bonds is 5. The third-order valence-corrected chi connectivity index (χ3v) is 5.23. The van der Waals surface area contributed by atoms with Crippen LogP contribution in [0.25, 0.3) is 16.5 Å². The summed E-state index contributed by atoms with van der Waals surface area (Å²) in [5.41, 5.74) is -0.622. The molecular formula is C22H20F3N3O3. The first kappa shape index (κ1) is 21.1. The number of fused-ring (bicyclic) bond motifs is 1. The standard InChI is InChI=1S/C22H20F3N3O3/c23-18-11-14(12-19(24)20(18)25)28-13-17(15-3-1-2-4-16(15)22(28)30)21(29)26-5-6-27-7-9-31-10-8-27/h1-4,11-13H,5-10H2,(H,26,29). The maximum absolute atomic E-state index is 13.8. The smallest absolute Gasteiger partial charge is 0.262 e. The van der Waals surface area contributed by atoms with Crippen LogP contribution in [0.2, 0.25) is 0 Å². The summed E-state index contributed by atoms with van der Waals surface area (Å²) in [6.45, 7) is 3.88. The molecule has 1 aliphatic rings. The molecule has 2 heterocycles. The zero-order valence-corrected chi connectivity index (χ0v) is 16.5. The van der Waals surface area contributed by atoms with Crippen LogP contribution in [-0.4, -0.2) is 54.8 Å². The van der Waals surface area contributed by atoms with Crippen LogP contribution >= 0.6 is 0 Å². The lowest BCUT2D eigenvalue weighted by Crippen LogP contribution is -2.41. The lowest BCUT2D eigenvalue weighted by Gasteiger charge is -2.26. The molecule has 31 heavy (non-hydrogen) atoms. The monoisotopic (exact) mass is 431 g/mol. The van der Waals surface area contributed by atoms with Crippen molar-refractivity contribution in [2.75, 3.05) is 39.4 Å². The van der Waals surface area contributed by atoms with E-state index in [9.17, 15) is 22.8 Å². The van der Waals surface area contributed by atoms with E-state index in [1.807, 2.05) is 0 Å². The molecule has 9 heteroatoms. The Bertz CT molecular complexity index is 1170. The van der Waals surface area contributed by atoms with Crippen LogP contribution in [0.5, 0.6) is 0 Å². The van der Waals surface area contributed by atoms with Gasteiger partial charge in [-0.2, -0.15) is 0 Å². The lowest BCUT2D eigenvalue weighted by atomic mass is 10.1. The Kier molecular flexibility index (Phi) is 6.06. The van der Waals surface area contributed by atoms with Crippen molar-refractivity contribution in [3.05, 3.63) is 76.0 Å². The number of pyridine rings is 1. The van der Waals surface area contributed by atoms with Crippen molar-refractivity contribution in [2.24, 2.45) is 0 Å². The van der Waals surface area contributed by atoms with Crippen LogP contribution in [-0.2, 0) is 4.74 Å². The van der Waals surface area contributed by atoms with Gasteiger partial charge in [-0.15, -0.1) is 0 Å². The lowest BCUT2D eigenvalue weighted by molar-refractivity contribution is 0.0383. The van der Waals surface area contributed by atoms with Crippen molar-refractivity contribution < 1.29 is 22.7 Å². The first-order valence-corrected chi connectivity index (χ1v) is 9.83. The molecule has 1 aromatic heterocycles. The van der Waals surface area contributed by atoms with E-state index in [0.717, 1.165) is 17.7 Å². The summed E-state index contributed by atoms with van der Waals surface area (Å²) in [5.74, 6) is -4.90. The van der Waals surface area contributed by atoms with E-state index in [0.29, 0.717) is 43.8 Å². The fraction of sp³-hybridized carbons (Fsp3) is 0.273. The maximum atomic E-state index is 13.8. The molecule has 1 fully saturated rings. The number of carbonyl (C=O) groups is 1. The Morgan fingerprint density at radius 1 is 1.03 bits per heavy atom. The predicted octanol–water partition coefficient (Wildman–Crippen LogP) is 2.47. The minimum atomic E-state index is -1.63. The summed E-state index contributed by atoms with van der Waals surface area (Å²) in [5, 5.41) is 3.44. The van der Waals surface area contributed by atoms with Crippen LogP contribution in [0.4, 0.5) is 13.2 Å². The van der Waals surface area contributed by atoms with E-state index in [4.69, 9.17) is 4.74 Å². The molecular weight excluding hydrogens is 411 g/mol. The van der Waals surface area contributed by atoms with E-state index in [-0.39, 0.29) is 16.6 Å². The molecule has 0 spiro atoms. The summed E-state index contributed by atoms with van der Waals surface area (Å²) >= 11 is 0. The summed E-state index contributed by atoms with van der Waals surface area (Å²) in [7, 11) is 0. The van der Waals surface area contributed by atoms with Crippen molar-refractivity contribution in [3.8, 4) is 5.69 Å². The number of carbonyl (C=O) groups excluding carboxylic acids is 1. The average Bonchev–Trinajstić information content (AvgIpc) is 2.78. The maximum Gasteiger partial charge on any atom is 0.262 e. The Morgan fingerprint density at radius 3 is 2.35 bits per heavy atom. The van der Waals surface area contributed by atoms with Gasteiger partial charge in [-0.25, -0.2) is 13.2 Å². The molecule has 2 aromatic carbocycles. The van der Waals surface area contributed by atoms with Crippen LogP contribution in [0, 0.1) is 17.5 Å². The third-order valence-electron chi connectivity index (χ3n) is 5.23. The number of ether oxygens (including phenoxy) is 1. The van der Waals surface area contributed by atoms with Gasteiger partial charge in [0.1, 0.15) is 0 Å². The molecule has 1 amide bonds. The molecule has 1 saturated heterocycles. The zero-order valence-electron chi connectivity index (χ0n) is 16.5. The van der Waals surface area contributed by atoms with Crippen molar-refractivity contribution in [1.29, 1.82) is 0 Å². The molecule has 3 aromatic rings. The normalized spacial score (nSPS) is 14.7. The van der Waals surface area contributed by atoms with Gasteiger partial charge in [-0.3, -0.25) is 19.1 Å². The second-order valence-electron chi connectivity index (χ2n) is 7.20. The van der Waals surface area contributed by atoms with E-state index < -0.39 is 28.9 Å². The fourth-order valence-electron chi connectivity index (χ4n) is 3.59. The third kappa shape index (κ3) is 4.33. The average molecular weight is 431 g/mol. The molecule has 1 N–H and O–H groups in total. The van der Waals surface area contributed by atoms with Crippen molar-refractivity contribution in [2.45, 2.75) is 0 Å². The molecule has 0 saturated carbocycles. The largest absolute Gasteiger partial charge is 0.379 e. The molecule has 0 unspecified atom stereocenters. The summed E-state index contributed by atoms with van der Waals surface area (Å²) in [6, 6.07) is 7.90. The Morgan fingerprint density at radius 2 is 1.68 bits per heavy atom. The number of aromatic nitrogens is 1. The molecule has 0 atom stereocenters. The number of hydrogen-bond acceptors (Lipinski definition) is 4. The Hall–Kier alpha value is -3.17. The van der Waals surface area contributed by atoms with Gasteiger partial charge in [0.15, 0.2) is 17.5 Å². The van der Waals surface area contributed by atoms with Gasteiger partial charge < -0.3 is 10.1 Å². The quantitative estimate of drug-likeness (QED) is 0.631. The highest BCUT2D eigenvalue weighted by Crippen LogP contribution is 2.20. The van der Waals surface area contributed by atoms with Crippen LogP contribution < -0.4 is 10.9 Å². The van der Waals surface area contributed by atoms with E-state index in [1.165, 1.54) is 12.3 Å².